The zero-order valence-electron chi connectivity index (χ0n) is 15.0. The number of nitrogens with zero attached hydrogens (tertiary/aromatic N) is 4. The van der Waals surface area contributed by atoms with Crippen LogP contribution >= 0.6 is 0 Å². The SMILES string of the molecule is Cc1cccc(C(=O)N2CCN(C(C)C(=O)N3CCOCC3)CC2)n1. The van der Waals surface area contributed by atoms with E-state index < -0.39 is 0 Å². The minimum Gasteiger partial charge on any atom is -0.378 e. The first-order chi connectivity index (χ1) is 12.1. The van der Waals surface area contributed by atoms with Crippen molar-refractivity contribution in [2.75, 3.05) is 52.5 Å². The molecule has 1 aromatic rings. The molecule has 0 aliphatic carbocycles. The summed E-state index contributed by atoms with van der Waals surface area (Å²) >= 11 is 0. The summed E-state index contributed by atoms with van der Waals surface area (Å²) < 4.78 is 5.31. The second kappa shape index (κ2) is 7.93. The molecule has 0 saturated carbocycles. The molecule has 25 heavy (non-hydrogen) atoms. The van der Waals surface area contributed by atoms with Crippen LogP contribution in [0.3, 0.4) is 0 Å². The molecule has 3 heterocycles. The number of aromatic nitrogens is 1. The fourth-order valence-corrected chi connectivity index (χ4v) is 3.34. The van der Waals surface area contributed by atoms with Crippen molar-refractivity contribution < 1.29 is 14.3 Å². The molecule has 3 rings (SSSR count). The van der Waals surface area contributed by atoms with Gasteiger partial charge in [0.05, 0.1) is 19.3 Å². The van der Waals surface area contributed by atoms with Gasteiger partial charge in [-0.3, -0.25) is 14.5 Å². The van der Waals surface area contributed by atoms with Crippen molar-refractivity contribution in [2.45, 2.75) is 19.9 Å². The van der Waals surface area contributed by atoms with Crippen molar-refractivity contribution in [3.63, 3.8) is 0 Å². The van der Waals surface area contributed by atoms with E-state index in [1.54, 1.807) is 6.07 Å². The Balaban J connectivity index is 1.54. The molecule has 1 atom stereocenters. The standard InChI is InChI=1S/C18H26N4O3/c1-14-4-3-5-16(19-14)18(24)21-8-6-20(7-9-21)15(2)17(23)22-10-12-25-13-11-22/h3-5,15H,6-13H2,1-2H3. The van der Waals surface area contributed by atoms with Gasteiger partial charge in [0.25, 0.3) is 5.91 Å². The largest absolute Gasteiger partial charge is 0.378 e. The third kappa shape index (κ3) is 4.16. The molecular formula is C18H26N4O3. The summed E-state index contributed by atoms with van der Waals surface area (Å²) in [6, 6.07) is 5.34. The lowest BCUT2D eigenvalue weighted by Crippen LogP contribution is -2.56. The van der Waals surface area contributed by atoms with Crippen LogP contribution in [0.4, 0.5) is 0 Å². The molecule has 0 spiro atoms. The molecule has 136 valence electrons. The summed E-state index contributed by atoms with van der Waals surface area (Å²) in [6.45, 7) is 9.05. The Morgan fingerprint density at radius 2 is 1.72 bits per heavy atom. The molecule has 2 aliphatic heterocycles. The Hall–Kier alpha value is -1.99. The number of carbonyl (C=O) groups excluding carboxylic acids is 2. The van der Waals surface area contributed by atoms with E-state index in [0.717, 1.165) is 5.69 Å². The molecule has 2 amide bonds. The molecule has 1 aromatic heterocycles. The molecule has 2 saturated heterocycles. The molecule has 7 nitrogen and oxygen atoms in total. The van der Waals surface area contributed by atoms with Gasteiger partial charge in [0.15, 0.2) is 0 Å². The van der Waals surface area contributed by atoms with Gasteiger partial charge in [-0.15, -0.1) is 0 Å². The monoisotopic (exact) mass is 346 g/mol. The number of carbonyl (C=O) groups is 2. The van der Waals surface area contributed by atoms with Crippen LogP contribution in [0, 0.1) is 6.92 Å². The molecule has 1 unspecified atom stereocenters. The van der Waals surface area contributed by atoms with Crippen LogP contribution in [0.15, 0.2) is 18.2 Å². The maximum absolute atomic E-state index is 12.6. The normalized spacial score (nSPS) is 20.4. The van der Waals surface area contributed by atoms with Gasteiger partial charge < -0.3 is 14.5 Å². The van der Waals surface area contributed by atoms with Crippen LogP contribution < -0.4 is 0 Å². The fraction of sp³-hybridized carbons (Fsp3) is 0.611. The van der Waals surface area contributed by atoms with E-state index in [2.05, 4.69) is 9.88 Å². The number of amides is 2. The number of rotatable bonds is 3. The molecule has 2 aliphatic rings. The molecule has 2 fully saturated rings. The lowest BCUT2D eigenvalue weighted by Gasteiger charge is -2.39. The highest BCUT2D eigenvalue weighted by molar-refractivity contribution is 5.92. The Morgan fingerprint density at radius 3 is 2.36 bits per heavy atom. The van der Waals surface area contributed by atoms with E-state index in [1.165, 1.54) is 0 Å². The maximum atomic E-state index is 12.6. The van der Waals surface area contributed by atoms with Gasteiger partial charge in [-0.25, -0.2) is 4.98 Å². The van der Waals surface area contributed by atoms with Crippen LogP contribution in [0.25, 0.3) is 0 Å². The Morgan fingerprint density at radius 1 is 1.04 bits per heavy atom. The number of aryl methyl sites for hydroxylation is 1. The first kappa shape index (κ1) is 17.8. The van der Waals surface area contributed by atoms with Crippen molar-refractivity contribution in [1.82, 2.24) is 19.7 Å². The van der Waals surface area contributed by atoms with Gasteiger partial charge in [0, 0.05) is 45.0 Å². The lowest BCUT2D eigenvalue weighted by atomic mass is 10.2. The molecule has 7 heteroatoms. The summed E-state index contributed by atoms with van der Waals surface area (Å²) in [5.41, 5.74) is 1.33. The Kier molecular flexibility index (Phi) is 5.65. The maximum Gasteiger partial charge on any atom is 0.272 e. The topological polar surface area (TPSA) is 66.0 Å². The van der Waals surface area contributed by atoms with Crippen molar-refractivity contribution in [3.8, 4) is 0 Å². The van der Waals surface area contributed by atoms with Crippen LogP contribution in [0.1, 0.15) is 23.1 Å². The minimum atomic E-state index is -0.160. The molecule has 0 aromatic carbocycles. The van der Waals surface area contributed by atoms with Crippen LogP contribution in [0.2, 0.25) is 0 Å². The Labute approximate surface area is 148 Å². The van der Waals surface area contributed by atoms with Crippen molar-refractivity contribution in [2.24, 2.45) is 0 Å². The average molecular weight is 346 g/mol. The van der Waals surface area contributed by atoms with Gasteiger partial charge in [-0.1, -0.05) is 6.07 Å². The summed E-state index contributed by atoms with van der Waals surface area (Å²) in [7, 11) is 0. The van der Waals surface area contributed by atoms with Gasteiger partial charge in [0.1, 0.15) is 5.69 Å². The van der Waals surface area contributed by atoms with E-state index in [1.807, 2.05) is 35.8 Å². The smallest absolute Gasteiger partial charge is 0.272 e. The van der Waals surface area contributed by atoms with Crippen LogP contribution in [0.5, 0.6) is 0 Å². The zero-order valence-corrected chi connectivity index (χ0v) is 15.0. The van der Waals surface area contributed by atoms with Crippen LogP contribution in [-0.2, 0) is 9.53 Å². The predicted octanol–water partition coefficient (Wildman–Crippen LogP) is 0.395. The third-order valence-electron chi connectivity index (χ3n) is 4.94. The molecule has 0 radical (unpaired) electrons. The van der Waals surface area contributed by atoms with E-state index in [0.29, 0.717) is 58.2 Å². The summed E-state index contributed by atoms with van der Waals surface area (Å²) in [5.74, 6) is 0.124. The second-order valence-corrected chi connectivity index (χ2v) is 6.61. The second-order valence-electron chi connectivity index (χ2n) is 6.61. The highest BCUT2D eigenvalue weighted by Crippen LogP contribution is 2.12. The number of morpholine rings is 1. The fourth-order valence-electron chi connectivity index (χ4n) is 3.34. The average Bonchev–Trinajstić information content (AvgIpc) is 2.67. The number of ether oxygens (including phenoxy) is 1. The van der Waals surface area contributed by atoms with Crippen molar-refractivity contribution >= 4 is 11.8 Å². The van der Waals surface area contributed by atoms with Crippen molar-refractivity contribution in [3.05, 3.63) is 29.6 Å². The van der Waals surface area contributed by atoms with E-state index in [4.69, 9.17) is 4.74 Å². The lowest BCUT2D eigenvalue weighted by molar-refractivity contribution is -0.141. The minimum absolute atomic E-state index is 0.0319. The highest BCUT2D eigenvalue weighted by Gasteiger charge is 2.31. The molecular weight excluding hydrogens is 320 g/mol. The zero-order chi connectivity index (χ0) is 17.8. The first-order valence-corrected chi connectivity index (χ1v) is 8.90. The predicted molar refractivity (Wildman–Crippen MR) is 93.3 cm³/mol. The van der Waals surface area contributed by atoms with Gasteiger partial charge in [-0.2, -0.15) is 0 Å². The number of pyridine rings is 1. The number of hydrogen-bond donors (Lipinski definition) is 0. The van der Waals surface area contributed by atoms with Gasteiger partial charge in [-0.05, 0) is 26.0 Å². The number of hydrogen-bond acceptors (Lipinski definition) is 5. The Bertz CT molecular complexity index is 623. The molecule has 0 bridgehead atoms. The van der Waals surface area contributed by atoms with E-state index >= 15 is 0 Å². The third-order valence-corrected chi connectivity index (χ3v) is 4.94. The van der Waals surface area contributed by atoms with Crippen LogP contribution in [-0.4, -0.2) is 90.0 Å². The highest BCUT2D eigenvalue weighted by atomic mass is 16.5. The summed E-state index contributed by atoms with van der Waals surface area (Å²) in [4.78, 5) is 35.3. The summed E-state index contributed by atoms with van der Waals surface area (Å²) in [5, 5.41) is 0. The first-order valence-electron chi connectivity index (χ1n) is 8.90. The summed E-state index contributed by atoms with van der Waals surface area (Å²) in [6.07, 6.45) is 0. The molecule has 0 N–H and O–H groups in total. The van der Waals surface area contributed by atoms with E-state index in [-0.39, 0.29) is 17.9 Å². The van der Waals surface area contributed by atoms with Crippen molar-refractivity contribution in [1.29, 1.82) is 0 Å². The number of piperazine rings is 1. The van der Waals surface area contributed by atoms with Gasteiger partial charge >= 0.3 is 0 Å². The van der Waals surface area contributed by atoms with Gasteiger partial charge in [0.2, 0.25) is 5.91 Å². The van der Waals surface area contributed by atoms with E-state index in [9.17, 15) is 9.59 Å². The quantitative estimate of drug-likeness (QED) is 0.792.